The molecule has 0 bridgehead atoms. The van der Waals surface area contributed by atoms with Gasteiger partial charge in [0.25, 0.3) is 0 Å². The Labute approximate surface area is 60.1 Å². The maximum atomic E-state index is 10.3. The number of nitriles is 1. The summed E-state index contributed by atoms with van der Waals surface area (Å²) in [6.45, 7) is 1.83. The fourth-order valence-electron chi connectivity index (χ4n) is 0.593. The molecule has 54 valence electrons. The van der Waals surface area contributed by atoms with Crippen LogP contribution in [-0.2, 0) is 4.79 Å². The number of primary amides is 1. The standard InChI is InChI=1S/C7H10N2O/c1-6(3-2-4-8)5-7(9)10/h2-3,6H,5H2,1H3,(H2,9,10). The van der Waals surface area contributed by atoms with Crippen LogP contribution in [0.2, 0.25) is 0 Å². The van der Waals surface area contributed by atoms with Crippen LogP contribution in [0.1, 0.15) is 13.3 Å². The summed E-state index contributed by atoms with van der Waals surface area (Å²) in [5, 5.41) is 8.10. The third-order valence-corrected chi connectivity index (χ3v) is 1.02. The van der Waals surface area contributed by atoms with Crippen LogP contribution in [0.5, 0.6) is 0 Å². The van der Waals surface area contributed by atoms with Crippen molar-refractivity contribution in [3.63, 3.8) is 0 Å². The Balaban J connectivity index is 3.66. The fourth-order valence-corrected chi connectivity index (χ4v) is 0.593. The van der Waals surface area contributed by atoms with Gasteiger partial charge in [-0.25, -0.2) is 0 Å². The molecule has 1 atom stereocenters. The van der Waals surface area contributed by atoms with Crippen LogP contribution in [0.3, 0.4) is 0 Å². The van der Waals surface area contributed by atoms with Gasteiger partial charge in [0.2, 0.25) is 5.91 Å². The summed E-state index contributed by atoms with van der Waals surface area (Å²) in [6, 6.07) is 1.84. The van der Waals surface area contributed by atoms with E-state index < -0.39 is 0 Å². The second-order valence-electron chi connectivity index (χ2n) is 2.14. The summed E-state index contributed by atoms with van der Waals surface area (Å²) in [4.78, 5) is 10.3. The Kier molecular flexibility index (Phi) is 3.97. The maximum Gasteiger partial charge on any atom is 0.217 e. The first kappa shape index (κ1) is 8.70. The van der Waals surface area contributed by atoms with Gasteiger partial charge in [-0.05, 0) is 5.92 Å². The molecule has 0 saturated heterocycles. The summed E-state index contributed by atoms with van der Waals surface area (Å²) in [7, 11) is 0. The fraction of sp³-hybridized carbons (Fsp3) is 0.429. The van der Waals surface area contributed by atoms with Gasteiger partial charge in [0.15, 0.2) is 0 Å². The number of carbonyl (C=O) groups excluding carboxylic acids is 1. The van der Waals surface area contributed by atoms with Gasteiger partial charge >= 0.3 is 0 Å². The van der Waals surface area contributed by atoms with Gasteiger partial charge in [0, 0.05) is 12.5 Å². The van der Waals surface area contributed by atoms with Crippen molar-refractivity contribution >= 4 is 5.91 Å². The Hall–Kier alpha value is -1.30. The minimum absolute atomic E-state index is 0.0668. The molecular weight excluding hydrogens is 128 g/mol. The Morgan fingerprint density at radius 1 is 1.90 bits per heavy atom. The molecule has 2 N–H and O–H groups in total. The number of allylic oxidation sites excluding steroid dienone is 2. The largest absolute Gasteiger partial charge is 0.370 e. The van der Waals surface area contributed by atoms with Gasteiger partial charge < -0.3 is 5.73 Å². The highest BCUT2D eigenvalue weighted by Crippen LogP contribution is 2.01. The molecule has 0 aromatic carbocycles. The lowest BCUT2D eigenvalue weighted by Gasteiger charge is -1.98. The predicted molar refractivity (Wildman–Crippen MR) is 37.7 cm³/mol. The molecule has 0 heterocycles. The van der Waals surface area contributed by atoms with Crippen LogP contribution in [0.4, 0.5) is 0 Å². The molecule has 0 aliphatic heterocycles. The zero-order valence-electron chi connectivity index (χ0n) is 5.87. The van der Waals surface area contributed by atoms with Crippen molar-refractivity contribution in [2.45, 2.75) is 13.3 Å². The topological polar surface area (TPSA) is 66.9 Å². The molecule has 0 radical (unpaired) electrons. The molecule has 0 fully saturated rings. The van der Waals surface area contributed by atoms with Gasteiger partial charge in [-0.2, -0.15) is 5.26 Å². The number of carbonyl (C=O) groups is 1. The number of hydrogen-bond acceptors (Lipinski definition) is 2. The summed E-state index contributed by atoms with van der Waals surface area (Å²) in [5.41, 5.74) is 4.91. The van der Waals surface area contributed by atoms with E-state index in [4.69, 9.17) is 11.0 Å². The zero-order chi connectivity index (χ0) is 7.98. The summed E-state index contributed by atoms with van der Waals surface area (Å²) in [6.07, 6.45) is 3.32. The highest BCUT2D eigenvalue weighted by molar-refractivity contribution is 5.74. The molecule has 0 aliphatic rings. The molecule has 0 aromatic rings. The molecule has 0 aliphatic carbocycles. The normalized spacial score (nSPS) is 12.8. The SMILES string of the molecule is CC(C=CC#N)CC(N)=O. The van der Waals surface area contributed by atoms with E-state index in [0.29, 0.717) is 6.42 Å². The lowest BCUT2D eigenvalue weighted by molar-refractivity contribution is -0.118. The van der Waals surface area contributed by atoms with Crippen LogP contribution in [0.15, 0.2) is 12.2 Å². The van der Waals surface area contributed by atoms with Crippen molar-refractivity contribution in [1.82, 2.24) is 0 Å². The van der Waals surface area contributed by atoms with E-state index in [9.17, 15) is 4.79 Å². The summed E-state index contributed by atoms with van der Waals surface area (Å²) >= 11 is 0. The second kappa shape index (κ2) is 4.57. The first-order chi connectivity index (χ1) is 4.66. The Bertz CT molecular complexity index is 179. The number of hydrogen-bond donors (Lipinski definition) is 1. The van der Waals surface area contributed by atoms with E-state index in [1.54, 1.807) is 6.08 Å². The van der Waals surface area contributed by atoms with Crippen molar-refractivity contribution < 1.29 is 4.79 Å². The molecule has 1 unspecified atom stereocenters. The molecule has 0 rings (SSSR count). The van der Waals surface area contributed by atoms with Crippen molar-refractivity contribution in [1.29, 1.82) is 5.26 Å². The minimum Gasteiger partial charge on any atom is -0.370 e. The van der Waals surface area contributed by atoms with Gasteiger partial charge in [0.05, 0.1) is 6.07 Å². The highest BCUT2D eigenvalue weighted by Gasteiger charge is 1.99. The van der Waals surface area contributed by atoms with Gasteiger partial charge in [0.1, 0.15) is 0 Å². The van der Waals surface area contributed by atoms with E-state index in [1.807, 2.05) is 13.0 Å². The molecule has 0 aromatic heterocycles. The third-order valence-electron chi connectivity index (χ3n) is 1.02. The number of rotatable bonds is 3. The summed E-state index contributed by atoms with van der Waals surface area (Å²) < 4.78 is 0. The van der Waals surface area contributed by atoms with Crippen molar-refractivity contribution in [3.8, 4) is 6.07 Å². The van der Waals surface area contributed by atoms with Crippen molar-refractivity contribution in [2.24, 2.45) is 11.7 Å². The number of amides is 1. The molecule has 10 heavy (non-hydrogen) atoms. The van der Waals surface area contributed by atoms with E-state index in [2.05, 4.69) is 0 Å². The predicted octanol–water partition coefficient (Wildman–Crippen LogP) is 0.578. The number of nitrogens with zero attached hydrogens (tertiary/aromatic N) is 1. The van der Waals surface area contributed by atoms with E-state index in [0.717, 1.165) is 0 Å². The molecule has 0 saturated carbocycles. The highest BCUT2D eigenvalue weighted by atomic mass is 16.1. The van der Waals surface area contributed by atoms with Crippen LogP contribution >= 0.6 is 0 Å². The zero-order valence-corrected chi connectivity index (χ0v) is 5.87. The van der Waals surface area contributed by atoms with Crippen LogP contribution < -0.4 is 5.73 Å². The van der Waals surface area contributed by atoms with E-state index in [1.165, 1.54) is 6.08 Å². The molecule has 0 spiro atoms. The first-order valence-corrected chi connectivity index (χ1v) is 3.01. The molecular formula is C7H10N2O. The quantitative estimate of drug-likeness (QED) is 0.579. The van der Waals surface area contributed by atoms with E-state index in [-0.39, 0.29) is 11.8 Å². The lowest BCUT2D eigenvalue weighted by Crippen LogP contribution is -2.13. The average Bonchev–Trinajstić information content (AvgIpc) is 1.82. The summed E-state index contributed by atoms with van der Waals surface area (Å²) in [5.74, 6) is -0.271. The smallest absolute Gasteiger partial charge is 0.217 e. The van der Waals surface area contributed by atoms with Gasteiger partial charge in [-0.1, -0.05) is 13.0 Å². The van der Waals surface area contributed by atoms with Crippen LogP contribution in [-0.4, -0.2) is 5.91 Å². The van der Waals surface area contributed by atoms with E-state index >= 15 is 0 Å². The van der Waals surface area contributed by atoms with Crippen molar-refractivity contribution in [2.75, 3.05) is 0 Å². The average molecular weight is 138 g/mol. The molecule has 1 amide bonds. The van der Waals surface area contributed by atoms with Gasteiger partial charge in [-0.15, -0.1) is 0 Å². The van der Waals surface area contributed by atoms with Crippen LogP contribution in [0, 0.1) is 17.2 Å². The minimum atomic E-state index is -0.338. The second-order valence-corrected chi connectivity index (χ2v) is 2.14. The maximum absolute atomic E-state index is 10.3. The third kappa shape index (κ3) is 4.85. The first-order valence-electron chi connectivity index (χ1n) is 3.01. The Morgan fingerprint density at radius 2 is 2.50 bits per heavy atom. The molecule has 3 heteroatoms. The monoisotopic (exact) mass is 138 g/mol. The van der Waals surface area contributed by atoms with Crippen molar-refractivity contribution in [3.05, 3.63) is 12.2 Å². The van der Waals surface area contributed by atoms with Gasteiger partial charge in [-0.3, -0.25) is 4.79 Å². The number of nitrogens with two attached hydrogens (primary N) is 1. The lowest BCUT2D eigenvalue weighted by atomic mass is 10.1. The molecule has 3 nitrogen and oxygen atoms in total. The van der Waals surface area contributed by atoms with Crippen LogP contribution in [0.25, 0.3) is 0 Å². The Morgan fingerprint density at radius 3 is 2.90 bits per heavy atom.